The lowest BCUT2D eigenvalue weighted by molar-refractivity contribution is 0.340. The van der Waals surface area contributed by atoms with E-state index >= 15 is 0 Å². The van der Waals surface area contributed by atoms with Gasteiger partial charge in [-0.05, 0) is 73.7 Å². The average Bonchev–Trinajstić information content (AvgIpc) is 2.89. The third-order valence-corrected chi connectivity index (χ3v) is 4.69. The van der Waals surface area contributed by atoms with Crippen molar-refractivity contribution in [2.45, 2.75) is 6.92 Å². The van der Waals surface area contributed by atoms with Crippen molar-refractivity contribution in [1.29, 1.82) is 0 Å². The lowest BCUT2D eigenvalue weighted by Gasteiger charge is -2.11. The molecule has 0 saturated heterocycles. The number of ether oxygens (including phenoxy) is 1. The van der Waals surface area contributed by atoms with Gasteiger partial charge in [-0.2, -0.15) is 0 Å². The number of aliphatic imine (C=N–C) groups is 2. The summed E-state index contributed by atoms with van der Waals surface area (Å²) in [6.07, 6.45) is 0. The van der Waals surface area contributed by atoms with E-state index in [9.17, 15) is 4.39 Å². The van der Waals surface area contributed by atoms with E-state index in [1.807, 2.05) is 49.4 Å². The number of benzene rings is 3. The van der Waals surface area contributed by atoms with Crippen molar-refractivity contribution >= 4 is 39.0 Å². The van der Waals surface area contributed by atoms with E-state index in [1.165, 1.54) is 12.1 Å². The number of hydrogen-bond acceptors (Lipinski definition) is 4. The van der Waals surface area contributed by atoms with E-state index < -0.39 is 0 Å². The number of fused-ring (bicyclic) bond motifs is 1. The van der Waals surface area contributed by atoms with Crippen LogP contribution in [-0.2, 0) is 0 Å². The summed E-state index contributed by atoms with van der Waals surface area (Å²) in [5, 5.41) is 3.37. The molecule has 0 spiro atoms. The van der Waals surface area contributed by atoms with Crippen molar-refractivity contribution in [1.82, 2.24) is 0 Å². The molecule has 0 bridgehead atoms. The first kappa shape index (κ1) is 18.4. The van der Waals surface area contributed by atoms with Crippen LogP contribution in [-0.4, -0.2) is 18.3 Å². The van der Waals surface area contributed by atoms with Gasteiger partial charge in [0, 0.05) is 15.6 Å². The second-order valence-corrected chi connectivity index (χ2v) is 7.06. The van der Waals surface area contributed by atoms with Crippen molar-refractivity contribution in [3.63, 3.8) is 0 Å². The Morgan fingerprint density at radius 2 is 1.64 bits per heavy atom. The predicted octanol–water partition coefficient (Wildman–Crippen LogP) is 5.94. The predicted molar refractivity (Wildman–Crippen MR) is 115 cm³/mol. The number of nitrogens with one attached hydrogen (secondary N) is 1. The molecular weight excluding hydrogens is 421 g/mol. The van der Waals surface area contributed by atoms with Crippen LogP contribution in [0.4, 0.5) is 15.8 Å². The molecule has 6 heteroatoms. The molecule has 3 aromatic carbocycles. The minimum Gasteiger partial charge on any atom is -0.494 e. The van der Waals surface area contributed by atoms with Gasteiger partial charge in [-0.1, -0.05) is 15.9 Å². The normalized spacial score (nSPS) is 13.0. The van der Waals surface area contributed by atoms with Gasteiger partial charge in [0.1, 0.15) is 17.4 Å². The van der Waals surface area contributed by atoms with Crippen LogP contribution >= 0.6 is 15.9 Å². The van der Waals surface area contributed by atoms with Crippen LogP contribution in [0.15, 0.2) is 81.2 Å². The molecule has 140 valence electrons. The van der Waals surface area contributed by atoms with Crippen LogP contribution in [0.3, 0.4) is 0 Å². The highest BCUT2D eigenvalue weighted by atomic mass is 79.9. The molecule has 0 aromatic heterocycles. The number of hydrogen-bond donors (Lipinski definition) is 1. The summed E-state index contributed by atoms with van der Waals surface area (Å²) in [5.41, 5.74) is 3.22. The van der Waals surface area contributed by atoms with Crippen LogP contribution in [0.5, 0.6) is 5.75 Å². The molecule has 0 radical (unpaired) electrons. The zero-order chi connectivity index (χ0) is 19.5. The summed E-state index contributed by atoms with van der Waals surface area (Å²) >= 11 is 3.50. The van der Waals surface area contributed by atoms with Crippen molar-refractivity contribution in [3.05, 3.63) is 88.1 Å². The zero-order valence-electron chi connectivity index (χ0n) is 15.1. The molecule has 1 heterocycles. The van der Waals surface area contributed by atoms with Crippen LogP contribution < -0.4 is 10.1 Å². The van der Waals surface area contributed by atoms with Crippen LogP contribution in [0.1, 0.15) is 18.1 Å². The summed E-state index contributed by atoms with van der Waals surface area (Å²) in [6.45, 7) is 2.56. The summed E-state index contributed by atoms with van der Waals surface area (Å²) in [4.78, 5) is 9.44. The number of amidine groups is 2. The van der Waals surface area contributed by atoms with Crippen LogP contribution in [0.25, 0.3) is 0 Å². The Morgan fingerprint density at radius 3 is 2.36 bits per heavy atom. The molecule has 0 amide bonds. The smallest absolute Gasteiger partial charge is 0.162 e. The monoisotopic (exact) mass is 437 g/mol. The quantitative estimate of drug-likeness (QED) is 0.548. The first-order valence-corrected chi connectivity index (χ1v) is 9.65. The van der Waals surface area contributed by atoms with Gasteiger partial charge < -0.3 is 10.1 Å². The largest absolute Gasteiger partial charge is 0.494 e. The third-order valence-electron chi connectivity index (χ3n) is 4.20. The van der Waals surface area contributed by atoms with Gasteiger partial charge in [0.2, 0.25) is 0 Å². The second-order valence-electron chi connectivity index (χ2n) is 6.15. The summed E-state index contributed by atoms with van der Waals surface area (Å²) < 4.78 is 19.8. The van der Waals surface area contributed by atoms with E-state index in [0.29, 0.717) is 18.3 Å². The van der Waals surface area contributed by atoms with Gasteiger partial charge in [0.15, 0.2) is 5.84 Å². The van der Waals surface area contributed by atoms with Gasteiger partial charge >= 0.3 is 0 Å². The molecule has 1 aliphatic heterocycles. The topological polar surface area (TPSA) is 46.0 Å². The van der Waals surface area contributed by atoms with Gasteiger partial charge in [0.25, 0.3) is 0 Å². The number of nitrogens with zero attached hydrogens (tertiary/aromatic N) is 2. The molecule has 0 fully saturated rings. The second kappa shape index (κ2) is 7.94. The fourth-order valence-electron chi connectivity index (χ4n) is 2.85. The van der Waals surface area contributed by atoms with E-state index in [1.54, 1.807) is 12.1 Å². The maximum absolute atomic E-state index is 13.4. The van der Waals surface area contributed by atoms with Crippen LogP contribution in [0, 0.1) is 5.82 Å². The Hall–Kier alpha value is -2.99. The van der Waals surface area contributed by atoms with E-state index in [-0.39, 0.29) is 5.82 Å². The van der Waals surface area contributed by atoms with Gasteiger partial charge in [-0.25, -0.2) is 14.4 Å². The Bertz CT molecular complexity index is 1060. The lowest BCUT2D eigenvalue weighted by Crippen LogP contribution is -2.15. The van der Waals surface area contributed by atoms with Crippen LogP contribution in [0.2, 0.25) is 0 Å². The molecular formula is C22H17BrFN3O. The Labute approximate surface area is 170 Å². The SMILES string of the molecule is CCOc1ccc(C2=NC(c3ccc(F)cc3)=Nc3ccc(Br)cc3N2)cc1. The Kier molecular flexibility index (Phi) is 5.21. The fraction of sp³-hybridized carbons (Fsp3) is 0.0909. The molecule has 28 heavy (non-hydrogen) atoms. The summed E-state index contributed by atoms with van der Waals surface area (Å²) in [7, 11) is 0. The molecule has 0 unspecified atom stereocenters. The highest BCUT2D eigenvalue weighted by Crippen LogP contribution is 2.32. The maximum Gasteiger partial charge on any atom is 0.162 e. The van der Waals surface area contributed by atoms with Crippen molar-refractivity contribution < 1.29 is 9.13 Å². The highest BCUT2D eigenvalue weighted by molar-refractivity contribution is 9.10. The molecule has 0 aliphatic carbocycles. The number of anilines is 1. The highest BCUT2D eigenvalue weighted by Gasteiger charge is 2.16. The first-order chi connectivity index (χ1) is 13.6. The van der Waals surface area contributed by atoms with Gasteiger partial charge in [0.05, 0.1) is 18.0 Å². The average molecular weight is 438 g/mol. The van der Waals surface area contributed by atoms with E-state index in [2.05, 4.69) is 21.2 Å². The fourth-order valence-corrected chi connectivity index (χ4v) is 3.21. The number of halogens is 2. The Morgan fingerprint density at radius 1 is 0.929 bits per heavy atom. The van der Waals surface area contributed by atoms with E-state index in [0.717, 1.165) is 32.7 Å². The maximum atomic E-state index is 13.4. The molecule has 4 nitrogen and oxygen atoms in total. The Balaban J connectivity index is 1.81. The van der Waals surface area contributed by atoms with Crippen molar-refractivity contribution in [3.8, 4) is 5.75 Å². The first-order valence-electron chi connectivity index (χ1n) is 8.85. The number of rotatable bonds is 4. The molecule has 0 saturated carbocycles. The minimum atomic E-state index is -0.295. The van der Waals surface area contributed by atoms with Crippen molar-refractivity contribution in [2.75, 3.05) is 11.9 Å². The van der Waals surface area contributed by atoms with E-state index in [4.69, 9.17) is 14.7 Å². The van der Waals surface area contributed by atoms with Gasteiger partial charge in [-0.15, -0.1) is 0 Å². The summed E-state index contributed by atoms with van der Waals surface area (Å²) in [5.74, 6) is 1.67. The van der Waals surface area contributed by atoms with Crippen molar-refractivity contribution in [2.24, 2.45) is 9.98 Å². The van der Waals surface area contributed by atoms with Gasteiger partial charge in [-0.3, -0.25) is 0 Å². The molecule has 0 atom stereocenters. The zero-order valence-corrected chi connectivity index (χ0v) is 16.7. The standard InChI is InChI=1S/C22H17BrFN3O/c1-2-28-18-10-5-15(6-11-18)22-26-20-13-16(23)7-12-19(20)25-21(27-22)14-3-8-17(24)9-4-14/h3-13H,2H2,1H3,(H,25,26,27). The summed E-state index contributed by atoms with van der Waals surface area (Å²) in [6, 6.07) is 19.7. The lowest BCUT2D eigenvalue weighted by atomic mass is 10.1. The minimum absolute atomic E-state index is 0.295. The molecule has 1 aliphatic rings. The molecule has 4 rings (SSSR count). The molecule has 3 aromatic rings. The third kappa shape index (κ3) is 3.97. The molecule has 1 N–H and O–H groups in total.